The van der Waals surface area contributed by atoms with E-state index in [1.54, 1.807) is 33.8 Å². The number of hydrogen-bond acceptors (Lipinski definition) is 3. The largest absolute Gasteiger partial charge is 0.494 e. The fourth-order valence-electron chi connectivity index (χ4n) is 1.46. The number of carbonyl (C=O) groups excluding carboxylic acids is 1. The number of rotatable bonds is 4. The van der Waals surface area contributed by atoms with Gasteiger partial charge in [0, 0.05) is 16.5 Å². The lowest BCUT2D eigenvalue weighted by molar-refractivity contribution is 0.0734. The van der Waals surface area contributed by atoms with Gasteiger partial charge in [-0.15, -0.1) is 0 Å². The highest BCUT2D eigenvalue weighted by Gasteiger charge is 2.40. The molecule has 1 aromatic carbocycles. The van der Waals surface area contributed by atoms with E-state index < -0.39 is 16.8 Å². The molecule has 0 aliphatic carbocycles. The molecule has 3 nitrogen and oxygen atoms in total. The van der Waals surface area contributed by atoms with Gasteiger partial charge in [0.1, 0.15) is 0 Å². The van der Waals surface area contributed by atoms with Crippen molar-refractivity contribution in [2.24, 2.45) is 11.1 Å². The Kier molecular flexibility index (Phi) is 3.81. The molecule has 0 saturated heterocycles. The van der Waals surface area contributed by atoms with E-state index in [-0.39, 0.29) is 11.5 Å². The van der Waals surface area contributed by atoms with Crippen LogP contribution in [-0.2, 0) is 0 Å². The van der Waals surface area contributed by atoms with Gasteiger partial charge in [-0.2, -0.15) is 0 Å². The number of benzene rings is 1. The summed E-state index contributed by atoms with van der Waals surface area (Å²) >= 11 is 0. The molecule has 0 radical (unpaired) electrons. The van der Waals surface area contributed by atoms with Gasteiger partial charge in [0.15, 0.2) is 17.3 Å². The summed E-state index contributed by atoms with van der Waals surface area (Å²) in [5, 5.41) is 0. The van der Waals surface area contributed by atoms with E-state index in [0.717, 1.165) is 0 Å². The van der Waals surface area contributed by atoms with E-state index in [0.29, 0.717) is 5.56 Å². The molecular weight excluding hydrogens is 233 g/mol. The highest BCUT2D eigenvalue weighted by atomic mass is 19.1. The molecular formula is C14H20FNO2. The SMILES string of the molecule is COc1ccc(C(=O)C(C)(C)C(C)(C)N)cc1F. The number of Topliss-reactive ketones (excluding diaryl/α,β-unsaturated/α-hetero) is 1. The Balaban J connectivity index is 3.16. The predicted octanol–water partition coefficient (Wildman–Crippen LogP) is 2.78. The molecule has 0 heterocycles. The van der Waals surface area contributed by atoms with Gasteiger partial charge in [0.2, 0.25) is 0 Å². The zero-order valence-corrected chi connectivity index (χ0v) is 11.5. The van der Waals surface area contributed by atoms with Crippen LogP contribution < -0.4 is 10.5 Å². The lowest BCUT2D eigenvalue weighted by atomic mass is 9.70. The summed E-state index contributed by atoms with van der Waals surface area (Å²) in [5.74, 6) is -0.609. The van der Waals surface area contributed by atoms with Crippen LogP contribution in [0.4, 0.5) is 4.39 Å². The Labute approximate surface area is 107 Å². The van der Waals surface area contributed by atoms with Crippen LogP contribution in [0.1, 0.15) is 38.1 Å². The first kappa shape index (κ1) is 14.6. The van der Waals surface area contributed by atoms with Crippen molar-refractivity contribution in [2.75, 3.05) is 7.11 Å². The summed E-state index contributed by atoms with van der Waals surface area (Å²) in [6, 6.07) is 4.19. The monoisotopic (exact) mass is 253 g/mol. The first-order valence-corrected chi connectivity index (χ1v) is 5.78. The zero-order chi connectivity index (χ0) is 14.1. The molecule has 1 rings (SSSR count). The second-order valence-electron chi connectivity index (χ2n) is 5.53. The molecule has 0 unspecified atom stereocenters. The number of halogens is 1. The van der Waals surface area contributed by atoms with Gasteiger partial charge < -0.3 is 10.5 Å². The van der Waals surface area contributed by atoms with Crippen LogP contribution >= 0.6 is 0 Å². The van der Waals surface area contributed by atoms with E-state index in [9.17, 15) is 9.18 Å². The lowest BCUT2D eigenvalue weighted by Gasteiger charge is -2.37. The summed E-state index contributed by atoms with van der Waals surface area (Å²) in [6.45, 7) is 7.09. The minimum absolute atomic E-state index is 0.122. The second-order valence-corrected chi connectivity index (χ2v) is 5.53. The summed E-state index contributed by atoms with van der Waals surface area (Å²) < 4.78 is 18.4. The zero-order valence-electron chi connectivity index (χ0n) is 11.5. The minimum atomic E-state index is -0.784. The maximum Gasteiger partial charge on any atom is 0.170 e. The average molecular weight is 253 g/mol. The van der Waals surface area contributed by atoms with E-state index in [1.807, 2.05) is 0 Å². The Morgan fingerprint density at radius 1 is 1.28 bits per heavy atom. The predicted molar refractivity (Wildman–Crippen MR) is 69.3 cm³/mol. The maximum absolute atomic E-state index is 13.6. The van der Waals surface area contributed by atoms with Gasteiger partial charge in [0.05, 0.1) is 7.11 Å². The molecule has 0 amide bonds. The van der Waals surface area contributed by atoms with Crippen LogP contribution in [0, 0.1) is 11.2 Å². The number of carbonyl (C=O) groups is 1. The molecule has 1 aromatic rings. The van der Waals surface area contributed by atoms with Gasteiger partial charge >= 0.3 is 0 Å². The Bertz CT molecular complexity index is 461. The highest BCUT2D eigenvalue weighted by Crippen LogP contribution is 2.33. The third-order valence-electron chi connectivity index (χ3n) is 3.59. The van der Waals surface area contributed by atoms with Gasteiger partial charge in [-0.3, -0.25) is 4.79 Å². The molecule has 0 fully saturated rings. The van der Waals surface area contributed by atoms with E-state index in [2.05, 4.69) is 0 Å². The molecule has 0 atom stereocenters. The smallest absolute Gasteiger partial charge is 0.170 e. The molecule has 0 aromatic heterocycles. The van der Waals surface area contributed by atoms with E-state index in [1.165, 1.54) is 19.2 Å². The topological polar surface area (TPSA) is 52.3 Å². The second kappa shape index (κ2) is 4.69. The van der Waals surface area contributed by atoms with E-state index >= 15 is 0 Å². The Hall–Kier alpha value is -1.42. The van der Waals surface area contributed by atoms with Crippen LogP contribution in [0.25, 0.3) is 0 Å². The van der Waals surface area contributed by atoms with Crippen molar-refractivity contribution in [1.82, 2.24) is 0 Å². The van der Waals surface area contributed by atoms with Crippen LogP contribution in [0.15, 0.2) is 18.2 Å². The third kappa shape index (κ3) is 2.53. The number of nitrogens with two attached hydrogens (primary N) is 1. The molecule has 0 aliphatic heterocycles. The number of methoxy groups -OCH3 is 1. The van der Waals surface area contributed by atoms with Crippen LogP contribution in [-0.4, -0.2) is 18.4 Å². The van der Waals surface area contributed by atoms with Gasteiger partial charge in [-0.25, -0.2) is 4.39 Å². The summed E-state index contributed by atoms with van der Waals surface area (Å²) in [6.07, 6.45) is 0. The van der Waals surface area contributed by atoms with Crippen molar-refractivity contribution in [3.63, 3.8) is 0 Å². The summed E-state index contributed by atoms with van der Waals surface area (Å²) in [4.78, 5) is 12.4. The van der Waals surface area contributed by atoms with Crippen molar-refractivity contribution >= 4 is 5.78 Å². The quantitative estimate of drug-likeness (QED) is 0.839. The number of hydrogen-bond donors (Lipinski definition) is 1. The maximum atomic E-state index is 13.6. The first-order chi connectivity index (χ1) is 8.11. The number of ketones is 1. The molecule has 0 spiro atoms. The molecule has 0 bridgehead atoms. The number of ether oxygens (including phenoxy) is 1. The average Bonchev–Trinajstić information content (AvgIpc) is 2.26. The van der Waals surface area contributed by atoms with E-state index in [4.69, 9.17) is 10.5 Å². The summed E-state index contributed by atoms with van der Waals surface area (Å²) in [5.41, 5.74) is 4.83. The van der Waals surface area contributed by atoms with Crippen LogP contribution in [0.5, 0.6) is 5.75 Å². The Morgan fingerprint density at radius 2 is 1.83 bits per heavy atom. The van der Waals surface area contributed by atoms with Gasteiger partial charge in [-0.05, 0) is 32.0 Å². The molecule has 0 saturated carbocycles. The first-order valence-electron chi connectivity index (χ1n) is 5.78. The fraction of sp³-hybridized carbons (Fsp3) is 0.500. The summed E-state index contributed by atoms with van der Waals surface area (Å²) in [7, 11) is 1.38. The van der Waals surface area contributed by atoms with Crippen molar-refractivity contribution in [3.05, 3.63) is 29.6 Å². The molecule has 0 aliphatic rings. The highest BCUT2D eigenvalue weighted by molar-refractivity contribution is 6.01. The fourth-order valence-corrected chi connectivity index (χ4v) is 1.46. The van der Waals surface area contributed by atoms with Crippen LogP contribution in [0.2, 0.25) is 0 Å². The lowest BCUT2D eigenvalue weighted by Crippen LogP contribution is -2.51. The van der Waals surface area contributed by atoms with Crippen molar-refractivity contribution in [2.45, 2.75) is 33.2 Å². The van der Waals surface area contributed by atoms with Gasteiger partial charge in [-0.1, -0.05) is 13.8 Å². The molecule has 18 heavy (non-hydrogen) atoms. The third-order valence-corrected chi connectivity index (χ3v) is 3.59. The normalized spacial score (nSPS) is 12.4. The van der Waals surface area contributed by atoms with Gasteiger partial charge in [0.25, 0.3) is 0 Å². The minimum Gasteiger partial charge on any atom is -0.494 e. The van der Waals surface area contributed by atoms with Crippen molar-refractivity contribution in [3.8, 4) is 5.75 Å². The molecule has 4 heteroatoms. The molecule has 2 N–H and O–H groups in total. The standard InChI is InChI=1S/C14H20FNO2/c1-13(2,14(3,4)16)12(17)9-6-7-11(18-5)10(15)8-9/h6-8H,16H2,1-5H3. The van der Waals surface area contributed by atoms with Crippen molar-refractivity contribution in [1.29, 1.82) is 0 Å². The van der Waals surface area contributed by atoms with Crippen LogP contribution in [0.3, 0.4) is 0 Å². The molecule has 100 valence electrons. The Morgan fingerprint density at radius 3 is 2.22 bits per heavy atom. The van der Waals surface area contributed by atoms with Crippen molar-refractivity contribution < 1.29 is 13.9 Å².